The van der Waals surface area contributed by atoms with Crippen LogP contribution >= 0.6 is 0 Å². The van der Waals surface area contributed by atoms with Gasteiger partial charge in [-0.1, -0.05) is 42.5 Å². The predicted octanol–water partition coefficient (Wildman–Crippen LogP) is 8.22. The number of amides is 2. The van der Waals surface area contributed by atoms with Crippen molar-refractivity contribution < 1.29 is 32.3 Å². The number of carbonyl (C=O) groups excluding carboxylic acids is 2. The standard InChI is InChI=1S/C20H25NO2.C19H22F4N2O/c1-4-17(19-6-5-7-19)8-9-18-10-11-20(14-15(18)2)21(12-13-22)16(3)23;1-12-6-7-18(8-10-25(2)11-9-18)17(26)24-16(12)13-4-3-5-14(15(13)20)19(21,22)23/h4,8-11,14,22H,1,5-7,12-13H2,2-3H3;3-5H,6-11H2,1-2H3,(H,24,26)/b9-8+;. The first kappa shape index (κ1) is 37.8. The Hall–Kier alpha value is -4.02. The van der Waals surface area contributed by atoms with Gasteiger partial charge in [0.2, 0.25) is 11.8 Å². The molecule has 1 aliphatic carbocycles. The Labute approximate surface area is 286 Å². The lowest BCUT2D eigenvalue weighted by molar-refractivity contribution is -0.140. The van der Waals surface area contributed by atoms with Gasteiger partial charge in [-0.3, -0.25) is 9.59 Å². The quantitative estimate of drug-likeness (QED) is 0.289. The molecule has 0 atom stereocenters. The number of anilines is 1. The second-order valence-electron chi connectivity index (χ2n) is 13.2. The van der Waals surface area contributed by atoms with E-state index in [2.05, 4.69) is 28.9 Å². The summed E-state index contributed by atoms with van der Waals surface area (Å²) in [5.41, 5.74) is 4.59. The van der Waals surface area contributed by atoms with Gasteiger partial charge in [0.25, 0.3) is 0 Å². The minimum absolute atomic E-state index is 0.0451. The number of allylic oxidation sites excluding steroid dienone is 5. The van der Waals surface area contributed by atoms with Gasteiger partial charge in [0.15, 0.2) is 0 Å². The maximum absolute atomic E-state index is 14.6. The first-order valence-electron chi connectivity index (χ1n) is 16.8. The van der Waals surface area contributed by atoms with Crippen LogP contribution < -0.4 is 10.2 Å². The van der Waals surface area contributed by atoms with Gasteiger partial charge in [-0.05, 0) is 125 Å². The van der Waals surface area contributed by atoms with E-state index in [9.17, 15) is 27.2 Å². The van der Waals surface area contributed by atoms with Crippen LogP contribution in [0.15, 0.2) is 71.8 Å². The summed E-state index contributed by atoms with van der Waals surface area (Å²) in [4.78, 5) is 28.3. The number of aliphatic hydroxyl groups excluding tert-OH is 1. The Morgan fingerprint density at radius 2 is 1.80 bits per heavy atom. The van der Waals surface area contributed by atoms with Crippen LogP contribution in [0.5, 0.6) is 0 Å². The molecule has 3 aliphatic rings. The van der Waals surface area contributed by atoms with Crippen molar-refractivity contribution in [3.05, 3.63) is 99.9 Å². The summed E-state index contributed by atoms with van der Waals surface area (Å²) in [6.07, 6.45) is 7.58. The Kier molecular flexibility index (Phi) is 12.4. The monoisotopic (exact) mass is 681 g/mol. The van der Waals surface area contributed by atoms with Crippen molar-refractivity contribution in [1.82, 2.24) is 10.2 Å². The fraction of sp³-hybridized carbons (Fsp3) is 0.436. The van der Waals surface area contributed by atoms with Gasteiger partial charge in [0, 0.05) is 30.4 Å². The molecule has 10 heteroatoms. The number of alkyl halides is 3. The van der Waals surface area contributed by atoms with Gasteiger partial charge in [-0.2, -0.15) is 13.2 Å². The molecular formula is C39H47F4N3O3. The number of benzene rings is 2. The molecule has 0 bridgehead atoms. The first-order valence-corrected chi connectivity index (χ1v) is 16.8. The Balaban J connectivity index is 0.000000223. The lowest BCUT2D eigenvalue weighted by Crippen LogP contribution is -2.46. The molecule has 2 aromatic carbocycles. The SMILES string of the molecule is C=CC(/C=C/c1ccc(N(CCO)C(C)=O)cc1C)=C1CCC1.CC1=C(c2cccc(C(F)(F)F)c2F)NC(=O)C2(CC1)CCN(C)CC2. The predicted molar refractivity (Wildman–Crippen MR) is 187 cm³/mol. The van der Waals surface area contributed by atoms with E-state index in [-0.39, 0.29) is 29.7 Å². The molecule has 0 aromatic heterocycles. The zero-order valence-corrected chi connectivity index (χ0v) is 28.9. The summed E-state index contributed by atoms with van der Waals surface area (Å²) < 4.78 is 53.6. The van der Waals surface area contributed by atoms with E-state index in [1.165, 1.54) is 49.5 Å². The molecule has 2 heterocycles. The maximum atomic E-state index is 14.6. The molecular weight excluding hydrogens is 634 g/mol. The average Bonchev–Trinajstić information content (AvgIpc) is 3.14. The highest BCUT2D eigenvalue weighted by Gasteiger charge is 2.43. The van der Waals surface area contributed by atoms with E-state index < -0.39 is 23.0 Å². The number of piperidine rings is 1. The molecule has 49 heavy (non-hydrogen) atoms. The fourth-order valence-corrected chi connectivity index (χ4v) is 6.52. The number of hydrogen-bond acceptors (Lipinski definition) is 4. The second-order valence-corrected chi connectivity index (χ2v) is 13.2. The van der Waals surface area contributed by atoms with E-state index in [4.69, 9.17) is 5.11 Å². The molecule has 6 nitrogen and oxygen atoms in total. The maximum Gasteiger partial charge on any atom is 0.419 e. The number of aryl methyl sites for hydroxylation is 1. The molecule has 2 amide bonds. The number of aliphatic hydroxyl groups is 1. The van der Waals surface area contributed by atoms with Crippen LogP contribution in [-0.2, 0) is 15.8 Å². The topological polar surface area (TPSA) is 72.9 Å². The summed E-state index contributed by atoms with van der Waals surface area (Å²) in [6, 6.07) is 9.10. The summed E-state index contributed by atoms with van der Waals surface area (Å²) in [5, 5.41) is 11.9. The third kappa shape index (κ3) is 8.97. The van der Waals surface area contributed by atoms with Crippen LogP contribution in [0, 0.1) is 18.2 Å². The van der Waals surface area contributed by atoms with Crippen molar-refractivity contribution >= 4 is 29.3 Å². The lowest BCUT2D eigenvalue weighted by atomic mass is 9.74. The van der Waals surface area contributed by atoms with Gasteiger partial charge < -0.3 is 20.2 Å². The summed E-state index contributed by atoms with van der Waals surface area (Å²) in [6.45, 7) is 11.0. The van der Waals surface area contributed by atoms with E-state index in [0.717, 1.165) is 29.9 Å². The van der Waals surface area contributed by atoms with Crippen molar-refractivity contribution in [2.75, 3.05) is 38.2 Å². The van der Waals surface area contributed by atoms with Crippen molar-refractivity contribution in [2.24, 2.45) is 5.41 Å². The van der Waals surface area contributed by atoms with Crippen LogP contribution in [0.1, 0.15) is 81.0 Å². The van der Waals surface area contributed by atoms with Gasteiger partial charge in [-0.15, -0.1) is 0 Å². The average molecular weight is 682 g/mol. The number of nitrogens with zero attached hydrogens (tertiary/aromatic N) is 2. The minimum atomic E-state index is -4.78. The number of rotatable bonds is 7. The van der Waals surface area contributed by atoms with Crippen molar-refractivity contribution in [3.63, 3.8) is 0 Å². The van der Waals surface area contributed by atoms with Crippen LogP contribution in [0.4, 0.5) is 23.2 Å². The normalized spacial score (nSPS) is 18.0. The molecule has 0 unspecified atom stereocenters. The Bertz CT molecular complexity index is 1640. The van der Waals surface area contributed by atoms with Gasteiger partial charge in [0.05, 0.1) is 17.6 Å². The molecule has 0 radical (unpaired) electrons. The molecule has 2 N–H and O–H groups in total. The molecule has 1 spiro atoms. The first-order chi connectivity index (χ1) is 23.2. The summed E-state index contributed by atoms with van der Waals surface area (Å²) in [5.74, 6) is -1.62. The van der Waals surface area contributed by atoms with E-state index in [1.54, 1.807) is 11.8 Å². The molecule has 2 aliphatic heterocycles. The largest absolute Gasteiger partial charge is 0.419 e. The Morgan fingerprint density at radius 3 is 2.35 bits per heavy atom. The summed E-state index contributed by atoms with van der Waals surface area (Å²) >= 11 is 0. The van der Waals surface area contributed by atoms with Crippen LogP contribution in [0.25, 0.3) is 11.8 Å². The Morgan fingerprint density at radius 1 is 1.10 bits per heavy atom. The zero-order valence-electron chi connectivity index (χ0n) is 28.9. The molecule has 1 saturated heterocycles. The second kappa shape index (κ2) is 16.1. The highest BCUT2D eigenvalue weighted by molar-refractivity contribution is 5.93. The number of halogens is 4. The highest BCUT2D eigenvalue weighted by atomic mass is 19.4. The number of nitrogens with one attached hydrogen (secondary N) is 1. The minimum Gasteiger partial charge on any atom is -0.395 e. The molecule has 264 valence electrons. The molecule has 2 aromatic rings. The third-order valence-corrected chi connectivity index (χ3v) is 9.94. The van der Waals surface area contributed by atoms with Crippen molar-refractivity contribution in [1.29, 1.82) is 0 Å². The fourth-order valence-electron chi connectivity index (χ4n) is 6.52. The van der Waals surface area contributed by atoms with E-state index in [1.807, 2.05) is 38.2 Å². The van der Waals surface area contributed by atoms with Crippen LogP contribution in [0.2, 0.25) is 0 Å². The number of hydrogen-bond donors (Lipinski definition) is 2. The molecule has 5 rings (SSSR count). The van der Waals surface area contributed by atoms with E-state index in [0.29, 0.717) is 43.9 Å². The van der Waals surface area contributed by atoms with Gasteiger partial charge >= 0.3 is 6.18 Å². The van der Waals surface area contributed by atoms with Crippen LogP contribution in [-0.4, -0.2) is 55.1 Å². The molecule has 1 saturated carbocycles. The number of carbonyl (C=O) groups is 2. The smallest absolute Gasteiger partial charge is 0.395 e. The van der Waals surface area contributed by atoms with Gasteiger partial charge in [-0.25, -0.2) is 4.39 Å². The van der Waals surface area contributed by atoms with Crippen LogP contribution in [0.3, 0.4) is 0 Å². The third-order valence-electron chi connectivity index (χ3n) is 9.94. The molecule has 2 fully saturated rings. The van der Waals surface area contributed by atoms with Gasteiger partial charge in [0.1, 0.15) is 5.82 Å². The van der Waals surface area contributed by atoms with E-state index >= 15 is 0 Å². The lowest BCUT2D eigenvalue weighted by Gasteiger charge is -2.38. The summed E-state index contributed by atoms with van der Waals surface area (Å²) in [7, 11) is 1.99. The zero-order chi connectivity index (χ0) is 35.9. The van der Waals surface area contributed by atoms with Crippen molar-refractivity contribution in [2.45, 2.75) is 71.9 Å². The number of likely N-dealkylation sites (tertiary alicyclic amines) is 1. The van der Waals surface area contributed by atoms with Crippen molar-refractivity contribution in [3.8, 4) is 0 Å². The highest BCUT2D eigenvalue weighted by Crippen LogP contribution is 2.42.